The molecule has 5 heteroatoms. The maximum Gasteiger partial charge on any atom is 0.220 e. The van der Waals surface area contributed by atoms with Gasteiger partial charge >= 0.3 is 0 Å². The van der Waals surface area contributed by atoms with Crippen molar-refractivity contribution >= 4 is 11.8 Å². The smallest absolute Gasteiger partial charge is 0.220 e. The zero-order valence-corrected chi connectivity index (χ0v) is 9.41. The minimum Gasteiger partial charge on any atom is -0.370 e. The van der Waals surface area contributed by atoms with Crippen molar-refractivity contribution in [3.8, 4) is 0 Å². The van der Waals surface area contributed by atoms with Crippen molar-refractivity contribution in [2.45, 2.75) is 19.3 Å². The van der Waals surface area contributed by atoms with Crippen LogP contribution in [0.2, 0.25) is 0 Å². The van der Waals surface area contributed by atoms with E-state index in [0.717, 1.165) is 5.56 Å². The summed E-state index contributed by atoms with van der Waals surface area (Å²) < 4.78 is 12.6. The lowest BCUT2D eigenvalue weighted by Crippen LogP contribution is -2.27. The third kappa shape index (κ3) is 5.65. The van der Waals surface area contributed by atoms with E-state index in [-0.39, 0.29) is 24.7 Å². The SMILES string of the molecule is NC(=O)CCNC(=O)CCc1ccc(F)cc1. The molecule has 0 unspecified atom stereocenters. The minimum atomic E-state index is -0.441. The monoisotopic (exact) mass is 238 g/mol. The van der Waals surface area contributed by atoms with Crippen LogP contribution in [0.1, 0.15) is 18.4 Å². The largest absolute Gasteiger partial charge is 0.370 e. The number of hydrogen-bond donors (Lipinski definition) is 2. The molecule has 0 aliphatic heterocycles. The topological polar surface area (TPSA) is 72.2 Å². The Labute approximate surface area is 99.0 Å². The molecule has 0 aliphatic rings. The Bertz CT molecular complexity index is 390. The molecule has 0 heterocycles. The molecule has 3 N–H and O–H groups in total. The number of primary amides is 1. The number of benzene rings is 1. The fraction of sp³-hybridized carbons (Fsp3) is 0.333. The third-order valence-corrected chi connectivity index (χ3v) is 2.25. The first-order valence-corrected chi connectivity index (χ1v) is 5.37. The molecular formula is C12H15FN2O2. The van der Waals surface area contributed by atoms with Crippen molar-refractivity contribution in [2.24, 2.45) is 5.73 Å². The Hall–Kier alpha value is -1.91. The van der Waals surface area contributed by atoms with E-state index in [4.69, 9.17) is 5.73 Å². The quantitative estimate of drug-likeness (QED) is 0.767. The van der Waals surface area contributed by atoms with Gasteiger partial charge in [-0.1, -0.05) is 12.1 Å². The molecule has 0 bridgehead atoms. The summed E-state index contributed by atoms with van der Waals surface area (Å²) >= 11 is 0. The van der Waals surface area contributed by atoms with Crippen LogP contribution in [0.25, 0.3) is 0 Å². The van der Waals surface area contributed by atoms with Gasteiger partial charge < -0.3 is 11.1 Å². The molecule has 2 amide bonds. The summed E-state index contributed by atoms with van der Waals surface area (Å²) in [6.07, 6.45) is 0.995. The van der Waals surface area contributed by atoms with Crippen molar-refractivity contribution in [3.63, 3.8) is 0 Å². The van der Waals surface area contributed by atoms with Crippen LogP contribution in [-0.4, -0.2) is 18.4 Å². The molecular weight excluding hydrogens is 223 g/mol. The van der Waals surface area contributed by atoms with Crippen LogP contribution < -0.4 is 11.1 Å². The molecule has 0 aliphatic carbocycles. The lowest BCUT2D eigenvalue weighted by molar-refractivity contribution is -0.121. The van der Waals surface area contributed by atoms with Gasteiger partial charge in [-0.05, 0) is 24.1 Å². The van der Waals surface area contributed by atoms with E-state index in [1.54, 1.807) is 12.1 Å². The lowest BCUT2D eigenvalue weighted by Gasteiger charge is -2.03. The van der Waals surface area contributed by atoms with Gasteiger partial charge in [0.25, 0.3) is 0 Å². The van der Waals surface area contributed by atoms with Crippen molar-refractivity contribution in [1.29, 1.82) is 0 Å². The first-order chi connectivity index (χ1) is 8.08. The van der Waals surface area contributed by atoms with E-state index in [1.165, 1.54) is 12.1 Å². The van der Waals surface area contributed by atoms with E-state index in [0.29, 0.717) is 12.8 Å². The number of carbonyl (C=O) groups excluding carboxylic acids is 2. The number of amides is 2. The molecule has 0 atom stereocenters. The van der Waals surface area contributed by atoms with E-state index in [2.05, 4.69) is 5.32 Å². The molecule has 1 aromatic carbocycles. The Kier molecular flexibility index (Phi) is 5.13. The second-order valence-electron chi connectivity index (χ2n) is 3.69. The highest BCUT2D eigenvalue weighted by atomic mass is 19.1. The molecule has 0 radical (unpaired) electrons. The maximum absolute atomic E-state index is 12.6. The molecule has 92 valence electrons. The third-order valence-electron chi connectivity index (χ3n) is 2.25. The average molecular weight is 238 g/mol. The number of carbonyl (C=O) groups is 2. The highest BCUT2D eigenvalue weighted by Gasteiger charge is 2.02. The standard InChI is InChI=1S/C12H15FN2O2/c13-10-4-1-9(2-5-10)3-6-12(17)15-8-7-11(14)16/h1-2,4-5H,3,6-8H2,(H2,14,16)(H,15,17). The highest BCUT2D eigenvalue weighted by Crippen LogP contribution is 2.05. The van der Waals surface area contributed by atoms with E-state index >= 15 is 0 Å². The summed E-state index contributed by atoms with van der Waals surface area (Å²) in [6, 6.07) is 6.01. The van der Waals surface area contributed by atoms with Gasteiger partial charge in [0.2, 0.25) is 11.8 Å². The van der Waals surface area contributed by atoms with Crippen LogP contribution in [0.5, 0.6) is 0 Å². The second-order valence-corrected chi connectivity index (χ2v) is 3.69. The summed E-state index contributed by atoms with van der Waals surface area (Å²) in [4.78, 5) is 21.8. The van der Waals surface area contributed by atoms with Crippen molar-refractivity contribution in [3.05, 3.63) is 35.6 Å². The van der Waals surface area contributed by atoms with Crippen LogP contribution in [0, 0.1) is 5.82 Å². The van der Waals surface area contributed by atoms with E-state index < -0.39 is 5.91 Å². The first-order valence-electron chi connectivity index (χ1n) is 5.37. The Morgan fingerprint density at radius 2 is 1.82 bits per heavy atom. The molecule has 0 aromatic heterocycles. The van der Waals surface area contributed by atoms with Crippen LogP contribution in [0.15, 0.2) is 24.3 Å². The predicted octanol–water partition coefficient (Wildman–Crippen LogP) is 0.750. The minimum absolute atomic E-state index is 0.141. The summed E-state index contributed by atoms with van der Waals surface area (Å²) in [6.45, 7) is 0.261. The second kappa shape index (κ2) is 6.62. The normalized spacial score (nSPS) is 9.94. The van der Waals surface area contributed by atoms with Gasteiger partial charge in [0.15, 0.2) is 0 Å². The molecule has 17 heavy (non-hydrogen) atoms. The summed E-state index contributed by atoms with van der Waals surface area (Å²) in [5.74, 6) is -0.876. The number of nitrogens with one attached hydrogen (secondary N) is 1. The number of halogens is 1. The van der Waals surface area contributed by atoms with Crippen molar-refractivity contribution in [2.75, 3.05) is 6.54 Å². The number of hydrogen-bond acceptors (Lipinski definition) is 2. The van der Waals surface area contributed by atoms with Crippen LogP contribution in [0.3, 0.4) is 0 Å². The Morgan fingerprint density at radius 3 is 2.41 bits per heavy atom. The van der Waals surface area contributed by atoms with Crippen molar-refractivity contribution in [1.82, 2.24) is 5.32 Å². The highest BCUT2D eigenvalue weighted by molar-refractivity contribution is 5.78. The lowest BCUT2D eigenvalue weighted by atomic mass is 10.1. The zero-order valence-electron chi connectivity index (χ0n) is 9.41. The molecule has 0 saturated carbocycles. The molecule has 0 fully saturated rings. The van der Waals surface area contributed by atoms with Gasteiger partial charge in [-0.3, -0.25) is 9.59 Å². The average Bonchev–Trinajstić information content (AvgIpc) is 2.28. The van der Waals surface area contributed by atoms with Crippen molar-refractivity contribution < 1.29 is 14.0 Å². The fourth-order valence-corrected chi connectivity index (χ4v) is 1.32. The summed E-state index contributed by atoms with van der Waals surface area (Å²) in [5.41, 5.74) is 5.83. The number of aryl methyl sites for hydroxylation is 1. The zero-order chi connectivity index (χ0) is 12.7. The first kappa shape index (κ1) is 13.2. The summed E-state index contributed by atoms with van der Waals surface area (Å²) in [5, 5.41) is 2.58. The van der Waals surface area contributed by atoms with Gasteiger partial charge in [-0.2, -0.15) is 0 Å². The van der Waals surface area contributed by atoms with E-state index in [9.17, 15) is 14.0 Å². The van der Waals surface area contributed by atoms with Gasteiger partial charge in [-0.25, -0.2) is 4.39 Å². The predicted molar refractivity (Wildman–Crippen MR) is 61.5 cm³/mol. The van der Waals surface area contributed by atoms with Crippen LogP contribution in [0.4, 0.5) is 4.39 Å². The number of rotatable bonds is 6. The van der Waals surface area contributed by atoms with Gasteiger partial charge in [0, 0.05) is 19.4 Å². The molecule has 4 nitrogen and oxygen atoms in total. The van der Waals surface area contributed by atoms with Gasteiger partial charge in [-0.15, -0.1) is 0 Å². The molecule has 1 rings (SSSR count). The van der Waals surface area contributed by atoms with Crippen LogP contribution in [-0.2, 0) is 16.0 Å². The Morgan fingerprint density at radius 1 is 1.18 bits per heavy atom. The maximum atomic E-state index is 12.6. The van der Waals surface area contributed by atoms with Gasteiger partial charge in [0.05, 0.1) is 0 Å². The molecule has 1 aromatic rings. The fourth-order valence-electron chi connectivity index (χ4n) is 1.32. The molecule has 0 spiro atoms. The Balaban J connectivity index is 2.23. The van der Waals surface area contributed by atoms with E-state index in [1.807, 2.05) is 0 Å². The number of nitrogens with two attached hydrogens (primary N) is 1. The summed E-state index contributed by atoms with van der Waals surface area (Å²) in [7, 11) is 0. The van der Waals surface area contributed by atoms with Crippen LogP contribution >= 0.6 is 0 Å². The van der Waals surface area contributed by atoms with Gasteiger partial charge in [0.1, 0.15) is 5.82 Å². The molecule has 0 saturated heterocycles.